The Labute approximate surface area is 82.1 Å². The van der Waals surface area contributed by atoms with E-state index in [0.29, 0.717) is 6.42 Å². The minimum atomic E-state index is -0.705. The van der Waals surface area contributed by atoms with Crippen LogP contribution in [-0.4, -0.2) is 12.7 Å². The van der Waals surface area contributed by atoms with E-state index < -0.39 is 6.09 Å². The van der Waals surface area contributed by atoms with Crippen LogP contribution in [0.25, 0.3) is 0 Å². The van der Waals surface area contributed by atoms with E-state index in [2.05, 4.69) is 0 Å². The van der Waals surface area contributed by atoms with Gasteiger partial charge in [0.15, 0.2) is 6.19 Å². The van der Waals surface area contributed by atoms with Gasteiger partial charge in [0.05, 0.1) is 6.61 Å². The fourth-order valence-corrected chi connectivity index (χ4v) is 0.988. The van der Waals surface area contributed by atoms with E-state index in [-0.39, 0.29) is 6.61 Å². The summed E-state index contributed by atoms with van der Waals surface area (Å²) in [6.07, 6.45) is 1.44. The van der Waals surface area contributed by atoms with Gasteiger partial charge in [0, 0.05) is 6.42 Å². The molecule has 72 valence electrons. The van der Waals surface area contributed by atoms with Crippen molar-refractivity contribution < 1.29 is 9.53 Å². The van der Waals surface area contributed by atoms with Gasteiger partial charge in [0.2, 0.25) is 0 Å². The number of ether oxygens (including phenoxy) is 1. The Morgan fingerprint density at radius 1 is 1.43 bits per heavy atom. The van der Waals surface area contributed by atoms with Gasteiger partial charge < -0.3 is 4.74 Å². The molecule has 0 aliphatic heterocycles. The number of carbonyl (C=O) groups excluding carboxylic acids is 1. The van der Waals surface area contributed by atoms with E-state index in [1.54, 1.807) is 0 Å². The van der Waals surface area contributed by atoms with Gasteiger partial charge >= 0.3 is 6.09 Å². The lowest BCUT2D eigenvalue weighted by Gasteiger charge is -2.02. The first-order valence-corrected chi connectivity index (χ1v) is 4.18. The van der Waals surface area contributed by atoms with E-state index in [0.717, 1.165) is 5.56 Å². The monoisotopic (exact) mass is 190 g/mol. The number of nitriles is 1. The molecule has 0 fully saturated rings. The second-order valence-corrected chi connectivity index (χ2v) is 2.61. The molecular formula is C10H10N2O2. The molecule has 0 spiro atoms. The zero-order valence-electron chi connectivity index (χ0n) is 7.56. The number of rotatable bonds is 3. The Balaban J connectivity index is 2.23. The van der Waals surface area contributed by atoms with Crippen LogP contribution in [0.4, 0.5) is 4.79 Å². The molecule has 0 radical (unpaired) electrons. The molecule has 1 aromatic carbocycles. The fraction of sp³-hybridized carbons (Fsp3) is 0.200. The lowest BCUT2D eigenvalue weighted by atomic mass is 10.2. The number of hydrogen-bond acceptors (Lipinski definition) is 3. The summed E-state index contributed by atoms with van der Waals surface area (Å²) in [5.74, 6) is 0. The molecule has 0 heterocycles. The second-order valence-electron chi connectivity index (χ2n) is 2.61. The van der Waals surface area contributed by atoms with Gasteiger partial charge in [-0.25, -0.2) is 10.1 Å². The van der Waals surface area contributed by atoms with Crippen LogP contribution in [0.15, 0.2) is 30.3 Å². The number of nitrogens with zero attached hydrogens (tertiary/aromatic N) is 1. The Kier molecular flexibility index (Phi) is 4.02. The predicted molar refractivity (Wildman–Crippen MR) is 50.2 cm³/mol. The minimum absolute atomic E-state index is 0.275. The minimum Gasteiger partial charge on any atom is -0.448 e. The highest BCUT2D eigenvalue weighted by Crippen LogP contribution is 1.99. The first-order chi connectivity index (χ1) is 6.83. The summed E-state index contributed by atoms with van der Waals surface area (Å²) < 4.78 is 4.71. The van der Waals surface area contributed by atoms with E-state index in [1.165, 1.54) is 6.19 Å². The van der Waals surface area contributed by atoms with Crippen LogP contribution >= 0.6 is 0 Å². The molecule has 0 bridgehead atoms. The van der Waals surface area contributed by atoms with Gasteiger partial charge in [-0.1, -0.05) is 30.3 Å². The van der Waals surface area contributed by atoms with E-state index in [4.69, 9.17) is 10.00 Å². The Morgan fingerprint density at radius 2 is 2.14 bits per heavy atom. The van der Waals surface area contributed by atoms with Gasteiger partial charge in [0.1, 0.15) is 0 Å². The molecule has 0 atom stereocenters. The molecule has 4 nitrogen and oxygen atoms in total. The normalized spacial score (nSPS) is 8.79. The largest absolute Gasteiger partial charge is 0.448 e. The molecule has 1 aromatic rings. The SMILES string of the molecule is N#CNC(=O)OCCc1ccccc1. The van der Waals surface area contributed by atoms with Crippen LogP contribution in [0, 0.1) is 11.5 Å². The molecule has 0 aliphatic rings. The van der Waals surface area contributed by atoms with Gasteiger partial charge in [-0.05, 0) is 5.56 Å². The second kappa shape index (κ2) is 5.60. The van der Waals surface area contributed by atoms with Crippen LogP contribution in [0.2, 0.25) is 0 Å². The van der Waals surface area contributed by atoms with Gasteiger partial charge in [-0.3, -0.25) is 0 Å². The van der Waals surface area contributed by atoms with E-state index in [1.807, 2.05) is 35.6 Å². The molecule has 1 N–H and O–H groups in total. The molecule has 14 heavy (non-hydrogen) atoms. The maximum atomic E-state index is 10.7. The molecule has 0 saturated heterocycles. The van der Waals surface area contributed by atoms with Crippen molar-refractivity contribution in [1.82, 2.24) is 5.32 Å². The summed E-state index contributed by atoms with van der Waals surface area (Å²) in [6, 6.07) is 9.67. The first kappa shape index (κ1) is 10.1. The summed E-state index contributed by atoms with van der Waals surface area (Å²) in [7, 11) is 0. The maximum Gasteiger partial charge on any atom is 0.420 e. The smallest absolute Gasteiger partial charge is 0.420 e. The van der Waals surface area contributed by atoms with E-state index in [9.17, 15) is 4.79 Å². The lowest BCUT2D eigenvalue weighted by Crippen LogP contribution is -2.19. The van der Waals surface area contributed by atoms with Crippen molar-refractivity contribution in [2.75, 3.05) is 6.61 Å². The average molecular weight is 190 g/mol. The number of nitrogens with one attached hydrogen (secondary N) is 1. The molecule has 0 saturated carbocycles. The zero-order chi connectivity index (χ0) is 10.2. The third-order valence-electron chi connectivity index (χ3n) is 1.62. The first-order valence-electron chi connectivity index (χ1n) is 4.18. The fourth-order valence-electron chi connectivity index (χ4n) is 0.988. The molecule has 0 aromatic heterocycles. The standard InChI is InChI=1S/C10H10N2O2/c11-8-12-10(13)14-7-6-9-4-2-1-3-5-9/h1-5H,6-7H2,(H,12,13). The topological polar surface area (TPSA) is 62.1 Å². The van der Waals surface area contributed by atoms with Gasteiger partial charge in [-0.15, -0.1) is 0 Å². The molecule has 0 unspecified atom stereocenters. The summed E-state index contributed by atoms with van der Waals surface area (Å²) >= 11 is 0. The quantitative estimate of drug-likeness (QED) is 0.579. The Morgan fingerprint density at radius 3 is 2.79 bits per heavy atom. The summed E-state index contributed by atoms with van der Waals surface area (Å²) in [5, 5.41) is 9.97. The van der Waals surface area contributed by atoms with Crippen molar-refractivity contribution in [3.8, 4) is 6.19 Å². The lowest BCUT2D eigenvalue weighted by molar-refractivity contribution is 0.152. The Hall–Kier alpha value is -2.02. The summed E-state index contributed by atoms with van der Waals surface area (Å²) in [6.45, 7) is 0.275. The number of carbonyl (C=O) groups is 1. The molecule has 0 aliphatic carbocycles. The van der Waals surface area contributed by atoms with Crippen LogP contribution < -0.4 is 5.32 Å². The number of amides is 1. The van der Waals surface area contributed by atoms with Gasteiger partial charge in [0.25, 0.3) is 0 Å². The zero-order valence-corrected chi connectivity index (χ0v) is 7.56. The van der Waals surface area contributed by atoms with E-state index >= 15 is 0 Å². The highest BCUT2D eigenvalue weighted by Gasteiger charge is 1.99. The van der Waals surface area contributed by atoms with Crippen molar-refractivity contribution in [1.29, 1.82) is 5.26 Å². The molecule has 1 amide bonds. The van der Waals surface area contributed by atoms with Crippen molar-refractivity contribution in [3.05, 3.63) is 35.9 Å². The average Bonchev–Trinajstić information content (AvgIpc) is 2.20. The number of benzene rings is 1. The summed E-state index contributed by atoms with van der Waals surface area (Å²) in [5.41, 5.74) is 1.09. The van der Waals surface area contributed by atoms with Crippen molar-refractivity contribution >= 4 is 6.09 Å². The van der Waals surface area contributed by atoms with Crippen molar-refractivity contribution in [3.63, 3.8) is 0 Å². The predicted octanol–water partition coefficient (Wildman–Crippen LogP) is 1.44. The molecule has 1 rings (SSSR count). The van der Waals surface area contributed by atoms with Gasteiger partial charge in [-0.2, -0.15) is 5.26 Å². The van der Waals surface area contributed by atoms with Crippen molar-refractivity contribution in [2.24, 2.45) is 0 Å². The third kappa shape index (κ3) is 3.59. The summed E-state index contributed by atoms with van der Waals surface area (Å²) in [4.78, 5) is 10.7. The van der Waals surface area contributed by atoms with Crippen LogP contribution in [0.5, 0.6) is 0 Å². The van der Waals surface area contributed by atoms with Crippen LogP contribution in [0.3, 0.4) is 0 Å². The number of alkyl carbamates (subject to hydrolysis) is 1. The Bertz CT molecular complexity index is 330. The highest BCUT2D eigenvalue weighted by molar-refractivity contribution is 5.68. The number of hydrogen-bond donors (Lipinski definition) is 1. The third-order valence-corrected chi connectivity index (χ3v) is 1.62. The van der Waals surface area contributed by atoms with Crippen molar-refractivity contribution in [2.45, 2.75) is 6.42 Å². The van der Waals surface area contributed by atoms with Crippen LogP contribution in [-0.2, 0) is 11.2 Å². The van der Waals surface area contributed by atoms with Crippen LogP contribution in [0.1, 0.15) is 5.56 Å². The highest BCUT2D eigenvalue weighted by atomic mass is 16.5. The molecule has 4 heteroatoms. The maximum absolute atomic E-state index is 10.7. The molecular weight excluding hydrogens is 180 g/mol.